The molecule has 6 nitrogen and oxygen atoms in total. The summed E-state index contributed by atoms with van der Waals surface area (Å²) in [6.07, 6.45) is 0.830. The molecular formula is C15H22NO5+. The van der Waals surface area contributed by atoms with Crippen molar-refractivity contribution in [2.45, 2.75) is 6.42 Å². The molecule has 0 spiro atoms. The Balaban J connectivity index is 1.74. The van der Waals surface area contributed by atoms with Gasteiger partial charge in [0.05, 0.1) is 39.0 Å². The van der Waals surface area contributed by atoms with Gasteiger partial charge in [-0.1, -0.05) is 0 Å². The van der Waals surface area contributed by atoms with Gasteiger partial charge in [-0.25, -0.2) is 4.79 Å². The summed E-state index contributed by atoms with van der Waals surface area (Å²) in [7, 11) is 1.44. The van der Waals surface area contributed by atoms with Crippen molar-refractivity contribution in [3.05, 3.63) is 23.8 Å². The number of hydrogen-bond acceptors (Lipinski definition) is 5. The molecule has 116 valence electrons. The molecule has 0 amide bonds. The number of hydrogen-bond donors (Lipinski definition) is 2. The Labute approximate surface area is 124 Å². The van der Waals surface area contributed by atoms with Crippen molar-refractivity contribution in [2.24, 2.45) is 0 Å². The molecule has 2 N–H and O–H groups in total. The minimum atomic E-state index is -0.398. The van der Waals surface area contributed by atoms with Crippen LogP contribution >= 0.6 is 0 Å². The average Bonchev–Trinajstić information content (AvgIpc) is 2.53. The van der Waals surface area contributed by atoms with Crippen LogP contribution in [0.25, 0.3) is 0 Å². The van der Waals surface area contributed by atoms with E-state index in [9.17, 15) is 9.90 Å². The van der Waals surface area contributed by atoms with Crippen molar-refractivity contribution in [2.75, 3.05) is 46.6 Å². The van der Waals surface area contributed by atoms with E-state index in [1.807, 2.05) is 0 Å². The van der Waals surface area contributed by atoms with Gasteiger partial charge >= 0.3 is 5.97 Å². The Morgan fingerprint density at radius 2 is 2.14 bits per heavy atom. The summed E-state index contributed by atoms with van der Waals surface area (Å²) in [6, 6.07) is 4.42. The van der Waals surface area contributed by atoms with E-state index in [1.165, 1.54) is 30.2 Å². The first-order chi connectivity index (χ1) is 10.2. The SMILES string of the molecule is COc1cc(C(=O)OCCC[NH+]2CCOCC2)ccc1O. The number of carbonyl (C=O) groups excluding carboxylic acids is 1. The van der Waals surface area contributed by atoms with Crippen LogP contribution in [0.2, 0.25) is 0 Å². The van der Waals surface area contributed by atoms with Crippen LogP contribution in [0.4, 0.5) is 0 Å². The molecule has 1 heterocycles. The van der Waals surface area contributed by atoms with Gasteiger partial charge in [0.1, 0.15) is 13.1 Å². The molecule has 1 aliphatic rings. The lowest BCUT2D eigenvalue weighted by atomic mass is 10.2. The molecule has 0 atom stereocenters. The van der Waals surface area contributed by atoms with Crippen LogP contribution in [0.3, 0.4) is 0 Å². The maximum absolute atomic E-state index is 11.9. The second-order valence-corrected chi connectivity index (χ2v) is 4.99. The van der Waals surface area contributed by atoms with Gasteiger partial charge in [0.25, 0.3) is 0 Å². The number of nitrogens with one attached hydrogen (secondary N) is 1. The van der Waals surface area contributed by atoms with Crippen LogP contribution in [0, 0.1) is 0 Å². The van der Waals surface area contributed by atoms with Gasteiger partial charge in [-0.05, 0) is 18.2 Å². The molecule has 2 rings (SSSR count). The van der Waals surface area contributed by atoms with Gasteiger partial charge in [0, 0.05) is 6.42 Å². The predicted octanol–water partition coefficient (Wildman–Crippen LogP) is -0.137. The monoisotopic (exact) mass is 296 g/mol. The van der Waals surface area contributed by atoms with Gasteiger partial charge in [0.15, 0.2) is 11.5 Å². The smallest absolute Gasteiger partial charge is 0.338 e. The predicted molar refractivity (Wildman–Crippen MR) is 75.9 cm³/mol. The molecule has 1 aromatic carbocycles. The van der Waals surface area contributed by atoms with Crippen LogP contribution in [-0.2, 0) is 9.47 Å². The summed E-state index contributed by atoms with van der Waals surface area (Å²) in [5.74, 6) is -0.127. The molecule has 21 heavy (non-hydrogen) atoms. The highest BCUT2D eigenvalue weighted by molar-refractivity contribution is 5.90. The highest BCUT2D eigenvalue weighted by Crippen LogP contribution is 2.26. The van der Waals surface area contributed by atoms with E-state index in [2.05, 4.69) is 0 Å². The summed E-state index contributed by atoms with van der Waals surface area (Å²) in [5.41, 5.74) is 0.378. The minimum Gasteiger partial charge on any atom is -0.504 e. The third kappa shape index (κ3) is 4.61. The highest BCUT2D eigenvalue weighted by Gasteiger charge is 2.14. The van der Waals surface area contributed by atoms with E-state index in [0.717, 1.165) is 39.3 Å². The molecule has 6 heteroatoms. The summed E-state index contributed by atoms with van der Waals surface area (Å²) in [6.45, 7) is 5.03. The standard InChI is InChI=1S/C15H21NO5/c1-19-14-11-12(3-4-13(14)17)15(18)21-8-2-5-16-6-9-20-10-7-16/h3-4,11,17H,2,5-10H2,1H3/p+1. The zero-order valence-electron chi connectivity index (χ0n) is 12.3. The lowest BCUT2D eigenvalue weighted by molar-refractivity contribution is -0.908. The van der Waals surface area contributed by atoms with Crippen LogP contribution in [-0.4, -0.2) is 57.6 Å². The Morgan fingerprint density at radius 1 is 1.38 bits per heavy atom. The van der Waals surface area contributed by atoms with E-state index in [0.29, 0.717) is 12.2 Å². The number of esters is 1. The fourth-order valence-corrected chi connectivity index (χ4v) is 2.29. The Morgan fingerprint density at radius 3 is 2.86 bits per heavy atom. The van der Waals surface area contributed by atoms with Gasteiger partial charge in [-0.2, -0.15) is 0 Å². The molecule has 1 aromatic rings. The van der Waals surface area contributed by atoms with Crippen molar-refractivity contribution in [3.63, 3.8) is 0 Å². The Hall–Kier alpha value is -1.79. The number of quaternary nitrogens is 1. The molecule has 0 radical (unpaired) electrons. The van der Waals surface area contributed by atoms with Crippen LogP contribution in [0.1, 0.15) is 16.8 Å². The average molecular weight is 296 g/mol. The van der Waals surface area contributed by atoms with Crippen LogP contribution in [0.15, 0.2) is 18.2 Å². The van der Waals surface area contributed by atoms with E-state index < -0.39 is 5.97 Å². The van der Waals surface area contributed by atoms with Gasteiger partial charge in [-0.15, -0.1) is 0 Å². The molecule has 0 saturated carbocycles. The van der Waals surface area contributed by atoms with Gasteiger partial charge < -0.3 is 24.2 Å². The quantitative estimate of drug-likeness (QED) is 0.565. The number of aromatic hydroxyl groups is 1. The van der Waals surface area contributed by atoms with E-state index >= 15 is 0 Å². The van der Waals surface area contributed by atoms with Crippen LogP contribution < -0.4 is 9.64 Å². The van der Waals surface area contributed by atoms with E-state index in [4.69, 9.17) is 14.2 Å². The number of phenols is 1. The van der Waals surface area contributed by atoms with Crippen LogP contribution in [0.5, 0.6) is 11.5 Å². The highest BCUT2D eigenvalue weighted by atomic mass is 16.5. The normalized spacial score (nSPS) is 15.7. The molecule has 0 aromatic heterocycles. The first-order valence-corrected chi connectivity index (χ1v) is 7.16. The molecule has 1 fully saturated rings. The summed E-state index contributed by atoms with van der Waals surface area (Å²) in [5, 5.41) is 9.49. The second-order valence-electron chi connectivity index (χ2n) is 4.99. The minimum absolute atomic E-state index is 0.00460. The fourth-order valence-electron chi connectivity index (χ4n) is 2.29. The Kier molecular flexibility index (Phi) is 5.83. The zero-order chi connectivity index (χ0) is 15.1. The van der Waals surface area contributed by atoms with E-state index in [1.54, 1.807) is 0 Å². The first kappa shape index (κ1) is 15.6. The van der Waals surface area contributed by atoms with Gasteiger partial charge in [-0.3, -0.25) is 0 Å². The fraction of sp³-hybridized carbons (Fsp3) is 0.533. The first-order valence-electron chi connectivity index (χ1n) is 7.16. The number of morpholine rings is 1. The third-order valence-corrected chi connectivity index (χ3v) is 3.52. The molecule has 1 saturated heterocycles. The lowest BCUT2D eigenvalue weighted by Gasteiger charge is -2.23. The summed E-state index contributed by atoms with van der Waals surface area (Å²) < 4.78 is 15.5. The van der Waals surface area contributed by atoms with Gasteiger partial charge in [0.2, 0.25) is 0 Å². The topological polar surface area (TPSA) is 69.4 Å². The lowest BCUT2D eigenvalue weighted by Crippen LogP contribution is -3.14. The molecular weight excluding hydrogens is 274 g/mol. The number of methoxy groups -OCH3 is 1. The maximum atomic E-state index is 11.9. The molecule has 0 bridgehead atoms. The summed E-state index contributed by atoms with van der Waals surface area (Å²) in [4.78, 5) is 13.4. The molecule has 0 aliphatic carbocycles. The second kappa shape index (κ2) is 7.85. The molecule has 0 unspecified atom stereocenters. The number of carbonyl (C=O) groups is 1. The molecule has 1 aliphatic heterocycles. The number of rotatable bonds is 6. The Bertz CT molecular complexity index is 471. The third-order valence-electron chi connectivity index (χ3n) is 3.52. The largest absolute Gasteiger partial charge is 0.504 e. The summed E-state index contributed by atoms with van der Waals surface area (Å²) >= 11 is 0. The van der Waals surface area contributed by atoms with Crippen molar-refractivity contribution in [1.29, 1.82) is 0 Å². The van der Waals surface area contributed by atoms with Crippen molar-refractivity contribution >= 4 is 5.97 Å². The van der Waals surface area contributed by atoms with Crippen molar-refractivity contribution in [1.82, 2.24) is 0 Å². The van der Waals surface area contributed by atoms with E-state index in [-0.39, 0.29) is 11.5 Å². The van der Waals surface area contributed by atoms with Crippen molar-refractivity contribution < 1.29 is 29.0 Å². The zero-order valence-corrected chi connectivity index (χ0v) is 12.3. The number of phenolic OH excluding ortho intramolecular Hbond substituents is 1. The maximum Gasteiger partial charge on any atom is 0.338 e. The number of ether oxygens (including phenoxy) is 3. The van der Waals surface area contributed by atoms with Crippen molar-refractivity contribution in [3.8, 4) is 11.5 Å². The number of benzene rings is 1.